The number of aliphatic imine (C=N–C) groups is 1. The van der Waals surface area contributed by atoms with E-state index in [2.05, 4.69) is 15.6 Å². The maximum atomic E-state index is 13.7. The quantitative estimate of drug-likeness (QED) is 0.0128. The summed E-state index contributed by atoms with van der Waals surface area (Å²) in [5, 5.41) is 156. The highest BCUT2D eigenvalue weighted by atomic mass is 16.8. The third-order valence-corrected chi connectivity index (χ3v) is 19.2. The third kappa shape index (κ3) is 14.3. The first-order valence-corrected chi connectivity index (χ1v) is 32.0. The number of likely N-dealkylation sites (N-methyl/N-ethyl adjacent to an activating group) is 2. The first-order valence-electron chi connectivity index (χ1n) is 32.0. The highest BCUT2D eigenvalue weighted by Gasteiger charge is 2.67. The van der Waals surface area contributed by atoms with Crippen LogP contribution in [0.4, 0.5) is 4.79 Å². The van der Waals surface area contributed by atoms with E-state index in [0.29, 0.717) is 17.7 Å². The summed E-state index contributed by atoms with van der Waals surface area (Å²) in [6, 6.07) is 13.1. The lowest BCUT2D eigenvalue weighted by Crippen LogP contribution is -2.70. The number of aliphatic hydroxyl groups is 12. The number of esters is 1. The van der Waals surface area contributed by atoms with E-state index in [4.69, 9.17) is 52.0 Å². The summed E-state index contributed by atoms with van der Waals surface area (Å²) in [6.45, 7) is 4.38. The number of ketones is 2. The second-order valence-corrected chi connectivity index (χ2v) is 25.8. The number of Topliss-reactive ketones (excluding diaryl/α,β-unsaturated/α-hetero) is 2. The van der Waals surface area contributed by atoms with Gasteiger partial charge in [-0.15, -0.1) is 0 Å². The van der Waals surface area contributed by atoms with E-state index in [1.54, 1.807) is 12.1 Å². The molecule has 11 rings (SSSR count). The molecule has 556 valence electrons. The van der Waals surface area contributed by atoms with Gasteiger partial charge in [-0.2, -0.15) is 0 Å². The Labute approximate surface area is 580 Å². The number of hydrogen-bond donors (Lipinski definition) is 22. The molecule has 0 bridgehead atoms. The number of phenolic OH excluding ortho intramolecular Hbond substituents is 1. The normalized spacial score (nSPS) is 34.0. The summed E-state index contributed by atoms with van der Waals surface area (Å²) in [6.07, 6.45) is -16.0. The number of phenols is 1. The molecule has 0 unspecified atom stereocenters. The van der Waals surface area contributed by atoms with Crippen LogP contribution in [-0.4, -0.2) is 268 Å². The van der Waals surface area contributed by atoms with Crippen molar-refractivity contribution in [2.45, 2.75) is 161 Å². The lowest BCUT2D eigenvalue weighted by atomic mass is 9.54. The van der Waals surface area contributed by atoms with Crippen LogP contribution < -0.4 is 44.2 Å². The molecular formula is C65H85N11O26. The number of amides is 5. The first-order chi connectivity index (χ1) is 47.9. The van der Waals surface area contributed by atoms with Gasteiger partial charge in [0.05, 0.1) is 48.6 Å². The van der Waals surface area contributed by atoms with Crippen molar-refractivity contribution >= 4 is 65.3 Å². The summed E-state index contributed by atoms with van der Waals surface area (Å²) in [5.41, 5.74) is 14.6. The number of hydrogen-bond acceptors (Lipinski definition) is 30. The van der Waals surface area contributed by atoms with Crippen molar-refractivity contribution in [2.24, 2.45) is 39.8 Å². The van der Waals surface area contributed by atoms with Gasteiger partial charge in [-0.25, -0.2) is 14.6 Å². The Morgan fingerprint density at radius 2 is 1.38 bits per heavy atom. The maximum Gasteiger partial charge on any atom is 0.347 e. The summed E-state index contributed by atoms with van der Waals surface area (Å²) >= 11 is 0. The molecule has 0 aromatic heterocycles. The fourth-order valence-electron chi connectivity index (χ4n) is 14.0. The topological polar surface area (TPSA) is 637 Å². The zero-order valence-corrected chi connectivity index (χ0v) is 55.8. The molecule has 37 nitrogen and oxygen atoms in total. The Bertz CT molecular complexity index is 3760. The van der Waals surface area contributed by atoms with Gasteiger partial charge in [0.25, 0.3) is 5.91 Å². The number of aromatic hydroxyl groups is 1. The molecule has 37 heteroatoms. The Hall–Kier alpha value is -9.00. The number of carbonyl (C=O) groups excluding carboxylic acids is 8. The van der Waals surface area contributed by atoms with Gasteiger partial charge in [-0.3, -0.25) is 49.7 Å². The number of guanidine groups is 2. The van der Waals surface area contributed by atoms with Crippen molar-refractivity contribution in [2.75, 3.05) is 34.4 Å². The minimum atomic E-state index is -2.75. The van der Waals surface area contributed by atoms with Crippen molar-refractivity contribution in [3.8, 4) is 16.9 Å². The second-order valence-electron chi connectivity index (χ2n) is 25.8. The number of nitrogens with two attached hydrogens (primary N) is 4. The molecule has 0 radical (unpaired) electrons. The molecule has 2 saturated carbocycles. The van der Waals surface area contributed by atoms with Crippen molar-refractivity contribution < 1.29 is 128 Å². The molecule has 102 heavy (non-hydrogen) atoms. The number of rotatable bonds is 15. The zero-order chi connectivity index (χ0) is 75.7. The number of nitrogens with zero attached hydrogens (tertiary/aromatic N) is 2. The van der Waals surface area contributed by atoms with E-state index in [9.17, 15) is 105 Å². The molecule has 20 atom stereocenters. The van der Waals surface area contributed by atoms with Gasteiger partial charge in [0.1, 0.15) is 84.1 Å². The van der Waals surface area contributed by atoms with E-state index in [0.717, 1.165) is 24.0 Å². The van der Waals surface area contributed by atoms with Crippen LogP contribution in [0.5, 0.6) is 5.75 Å². The van der Waals surface area contributed by atoms with Gasteiger partial charge in [0.15, 0.2) is 47.8 Å². The van der Waals surface area contributed by atoms with E-state index < -0.39 is 214 Å². The molecule has 8 aliphatic rings. The van der Waals surface area contributed by atoms with Crippen LogP contribution in [0.15, 0.2) is 88.6 Å². The Morgan fingerprint density at radius 3 is 1.90 bits per heavy atom. The fourth-order valence-corrected chi connectivity index (χ4v) is 14.0. The van der Waals surface area contributed by atoms with E-state index >= 15 is 0 Å². The molecule has 3 aromatic rings. The van der Waals surface area contributed by atoms with Gasteiger partial charge in [0, 0.05) is 28.5 Å². The third-order valence-electron chi connectivity index (χ3n) is 19.2. The van der Waals surface area contributed by atoms with Gasteiger partial charge >= 0.3 is 12.0 Å². The second kappa shape index (κ2) is 30.9. The molecule has 3 aliphatic heterocycles. The predicted molar refractivity (Wildman–Crippen MR) is 349 cm³/mol. The highest BCUT2D eigenvalue weighted by molar-refractivity contribution is 6.24. The van der Waals surface area contributed by atoms with Crippen LogP contribution in [0.2, 0.25) is 0 Å². The van der Waals surface area contributed by atoms with Crippen molar-refractivity contribution in [3.63, 3.8) is 0 Å². The van der Waals surface area contributed by atoms with Gasteiger partial charge < -0.3 is 124 Å². The average molecular weight is 1440 g/mol. The molecule has 3 saturated heterocycles. The minimum absolute atomic E-state index is 0.138. The average Bonchev–Trinajstić information content (AvgIpc) is 0.942. The lowest BCUT2D eigenvalue weighted by Gasteiger charge is -2.53. The standard InChI is InChI=1S/C22H24N2O8.C21H39N7O12.C18H18O3.C4H4N2O3/c1-21(31)8-5-4-6-11(25)12(8)16(26)13-9(21)7-10-15(24(2)3)17(27)14(20(23)30)19(29)22(10,32)18(13)28;1-5-21(36,4-30)16(40-17-9(26-2)13(34)10(31)6(3-29)38-17)18(37-5)39-15-8(28-20(24)25)11(32)7(27-19(22)23)12(33)14(15)35;1-2-3-12-21-17(19)18(20)15-10-6-4-8-13(15)14-9-5-7-11-16(14)18;7-2-1-3(8)6-4(9)5-2/h4-6,9-10,15,25-26,29,31-32H,7H2,1-3H3,(H2,23,30);4-18,26,29,31-36H,3H2,1-2H3,(H4,22,23,27)(H4,24,25,28);4-11,20H,2-3,12H2,1H3;1H2,(H2,5,6,7,8,9)/t9-,10-,15-,21+,22-;5-,6-,7+,8-,9-,10-,11+,12-,13-,14+,15+,16-,17-,18-,21+;;/m00../s1. The molecule has 5 aliphatic carbocycles. The number of fused-ring (bicyclic) bond motifs is 6. The number of primary amides is 1. The van der Waals surface area contributed by atoms with E-state index in [1.807, 2.05) is 54.0 Å². The number of nitrogens with one attached hydrogen (secondary N) is 5. The van der Waals surface area contributed by atoms with Crippen LogP contribution in [0.25, 0.3) is 16.9 Å². The summed E-state index contributed by atoms with van der Waals surface area (Å²) < 4.78 is 28.2. The largest absolute Gasteiger partial charge is 0.508 e. The predicted octanol–water partition coefficient (Wildman–Crippen LogP) is -6.33. The number of benzene rings is 3. The van der Waals surface area contributed by atoms with Crippen LogP contribution >= 0.6 is 0 Å². The maximum absolute atomic E-state index is 13.7. The first kappa shape index (κ1) is 78.7. The smallest absolute Gasteiger partial charge is 0.347 e. The molecule has 5 amide bonds. The Morgan fingerprint density at radius 1 is 0.794 bits per heavy atom. The number of unbranched alkanes of at least 4 members (excludes halogenated alkanes) is 1. The van der Waals surface area contributed by atoms with Gasteiger partial charge in [-0.05, 0) is 70.6 Å². The van der Waals surface area contributed by atoms with Gasteiger partial charge in [-0.1, -0.05) is 74.0 Å². The number of aliphatic hydroxyl groups excluding tert-OH is 8. The molecule has 0 spiro atoms. The number of urea groups is 1. The van der Waals surface area contributed by atoms with E-state index in [1.165, 1.54) is 58.1 Å². The van der Waals surface area contributed by atoms with Gasteiger partial charge in [0.2, 0.25) is 23.2 Å². The number of barbiturate groups is 1. The Balaban J connectivity index is 0.000000189. The van der Waals surface area contributed by atoms with Crippen molar-refractivity contribution in [1.29, 1.82) is 5.41 Å². The molecule has 26 N–H and O–H groups in total. The number of carbonyl (C=O) groups is 8. The van der Waals surface area contributed by atoms with E-state index in [-0.39, 0.29) is 30.3 Å². The van der Waals surface area contributed by atoms with Crippen LogP contribution in [0.3, 0.4) is 0 Å². The number of aldehydes is 1. The highest BCUT2D eigenvalue weighted by Crippen LogP contribution is 2.57. The summed E-state index contributed by atoms with van der Waals surface area (Å²) in [5.74, 6) is -10.8. The summed E-state index contributed by atoms with van der Waals surface area (Å²) in [7, 11) is 4.42. The van der Waals surface area contributed by atoms with Crippen LogP contribution in [0, 0.1) is 17.2 Å². The number of ether oxygens (including phenoxy) is 5. The molecular weight excluding hydrogens is 1350 g/mol. The zero-order valence-electron chi connectivity index (χ0n) is 55.8. The Kier molecular flexibility index (Phi) is 23.9. The van der Waals surface area contributed by atoms with Crippen molar-refractivity contribution in [3.05, 3.63) is 106 Å². The van der Waals surface area contributed by atoms with Crippen LogP contribution in [-0.2, 0) is 68.4 Å². The minimum Gasteiger partial charge on any atom is -0.508 e. The summed E-state index contributed by atoms with van der Waals surface area (Å²) in [4.78, 5) is 99.1. The fraction of sp³-hybridized carbons (Fsp3) is 0.508. The molecule has 3 aromatic carbocycles. The molecule has 3 heterocycles. The lowest BCUT2D eigenvalue weighted by molar-refractivity contribution is -0.314. The van der Waals surface area contributed by atoms with Crippen molar-refractivity contribution in [1.82, 2.24) is 26.2 Å². The SMILES string of the molecule is CCCCOC(=O)C1(O)c2ccccc2-c2ccccc21.CN(C)[C@@H]1C(=O)C(C(N)=O)=C(O)[C@@]2(O)C(=O)C3=C(O)c4c(O)cccc4[C@@](C)(O)[C@H]3C[C@@H]12.CN[C@@H]1[C@H](O[C@H]2[C@H](O[C@H]3[C@H](O)[C@@H](O)[C@H](N=C(N)N)[C@@H](O)[C@@H]3NC(=N)N)O[C@@H](C)[C@]2(O)C=O)O[C@@H](CO)[C@H](O)[C@H]1O.O=C1CC(=O)NC(=O)N1. The molecule has 5 fully saturated rings. The monoisotopic (exact) mass is 1440 g/mol. The van der Waals surface area contributed by atoms with Crippen LogP contribution in [0.1, 0.15) is 68.7 Å². The number of imide groups is 2.